The molecule has 36 heavy (non-hydrogen) atoms. The number of para-hydroxylation sites is 2. The van der Waals surface area contributed by atoms with E-state index in [1.165, 1.54) is 66.6 Å². The van der Waals surface area contributed by atoms with Gasteiger partial charge in [-0.3, -0.25) is 0 Å². The summed E-state index contributed by atoms with van der Waals surface area (Å²) in [6, 6.07) is 22.3. The minimum absolute atomic E-state index is 0.0905. The van der Waals surface area contributed by atoms with Crippen molar-refractivity contribution in [3.63, 3.8) is 0 Å². The number of hydrogen-bond acceptors (Lipinski definition) is 1. The quantitative estimate of drug-likeness (QED) is 0.255. The van der Waals surface area contributed by atoms with E-state index >= 15 is 0 Å². The Morgan fingerprint density at radius 3 is 2.36 bits per heavy atom. The molecule has 0 saturated heterocycles. The van der Waals surface area contributed by atoms with Crippen molar-refractivity contribution in [2.45, 2.75) is 44.9 Å². The van der Waals surface area contributed by atoms with Crippen molar-refractivity contribution < 1.29 is 0 Å². The molecule has 0 saturated carbocycles. The van der Waals surface area contributed by atoms with Gasteiger partial charge in [-0.2, -0.15) is 0 Å². The molecule has 5 aromatic rings. The number of nitrogens with zero attached hydrogens (tertiary/aromatic N) is 1. The maximum absolute atomic E-state index is 3.77. The molecule has 1 aliphatic heterocycles. The zero-order valence-corrected chi connectivity index (χ0v) is 20.8. The molecule has 0 fully saturated rings. The molecule has 176 valence electrons. The summed E-state index contributed by atoms with van der Waals surface area (Å²) in [7, 11) is 0. The molecule has 0 unspecified atom stereocenters. The minimum Gasteiger partial charge on any atom is -0.358 e. The molecule has 8 rings (SSSR count). The number of nitrogens with one attached hydrogen (secondary N) is 2. The zero-order chi connectivity index (χ0) is 24.0. The highest BCUT2D eigenvalue weighted by Crippen LogP contribution is 2.57. The molecule has 0 spiro atoms. The summed E-state index contributed by atoms with van der Waals surface area (Å²) in [5, 5.41) is 4.04. The van der Waals surface area contributed by atoms with Crippen molar-refractivity contribution in [3.8, 4) is 0 Å². The molecular formula is C33H29N3. The number of fused-ring (bicyclic) bond motifs is 9. The predicted molar refractivity (Wildman–Crippen MR) is 151 cm³/mol. The van der Waals surface area contributed by atoms with Crippen LogP contribution in [0.15, 0.2) is 90.2 Å². The van der Waals surface area contributed by atoms with Crippen LogP contribution < -0.4 is 4.90 Å². The van der Waals surface area contributed by atoms with Gasteiger partial charge in [0.15, 0.2) is 0 Å². The summed E-state index contributed by atoms with van der Waals surface area (Å²) in [5.41, 5.74) is 13.5. The monoisotopic (exact) mass is 467 g/mol. The first-order chi connectivity index (χ1) is 17.6. The standard InChI is InChI=1S/C33H29N3/c1-33(2)23-16-17-27-30(22-13-7-9-15-25(22)35-27)32(23)36(20-10-4-3-5-11-20)28-19-18-26-29(31(28)33)21-12-6-8-14-24(21)34-26/h3-4,6-10,12-15,18-19,34-35H,5,11,16-17H2,1-2H3. The van der Waals surface area contributed by atoms with Crippen LogP contribution >= 0.6 is 0 Å². The number of aryl methyl sites for hydroxylation is 1. The molecule has 0 atom stereocenters. The van der Waals surface area contributed by atoms with Crippen LogP contribution in [0.2, 0.25) is 0 Å². The lowest BCUT2D eigenvalue weighted by Gasteiger charge is -2.47. The van der Waals surface area contributed by atoms with E-state index in [1.54, 1.807) is 5.57 Å². The van der Waals surface area contributed by atoms with E-state index in [9.17, 15) is 0 Å². The molecule has 3 heterocycles. The zero-order valence-electron chi connectivity index (χ0n) is 20.8. The molecule has 3 heteroatoms. The molecule has 2 aliphatic carbocycles. The highest BCUT2D eigenvalue weighted by Gasteiger charge is 2.44. The fraction of sp³-hybridized carbons (Fsp3) is 0.212. The number of aromatic amines is 2. The third-order valence-electron chi connectivity index (χ3n) is 8.70. The van der Waals surface area contributed by atoms with E-state index in [1.807, 2.05) is 0 Å². The second-order valence-electron chi connectivity index (χ2n) is 11.0. The number of aromatic nitrogens is 2. The lowest BCUT2D eigenvalue weighted by atomic mass is 9.67. The molecular weight excluding hydrogens is 438 g/mol. The van der Waals surface area contributed by atoms with Gasteiger partial charge in [-0.15, -0.1) is 0 Å². The average molecular weight is 468 g/mol. The fourth-order valence-corrected chi connectivity index (χ4v) is 7.13. The summed E-state index contributed by atoms with van der Waals surface area (Å²) in [5.74, 6) is 0. The second-order valence-corrected chi connectivity index (χ2v) is 11.0. The lowest BCUT2D eigenvalue weighted by molar-refractivity contribution is 0.580. The fourth-order valence-electron chi connectivity index (χ4n) is 7.13. The normalized spacial score (nSPS) is 18.5. The van der Waals surface area contributed by atoms with Crippen molar-refractivity contribution in [3.05, 3.63) is 107 Å². The molecule has 3 aliphatic rings. The van der Waals surface area contributed by atoms with Gasteiger partial charge in [-0.1, -0.05) is 62.4 Å². The second kappa shape index (κ2) is 7.04. The van der Waals surface area contributed by atoms with Gasteiger partial charge < -0.3 is 14.9 Å². The predicted octanol–water partition coefficient (Wildman–Crippen LogP) is 8.49. The van der Waals surface area contributed by atoms with Gasteiger partial charge in [0.2, 0.25) is 0 Å². The molecule has 3 aromatic carbocycles. The first-order valence-electron chi connectivity index (χ1n) is 13.2. The van der Waals surface area contributed by atoms with Gasteiger partial charge in [-0.05, 0) is 67.2 Å². The molecule has 0 amide bonds. The SMILES string of the molecule is CC1(C)C2=C(c3c([nH]c4ccccc34)CC2)N(C2=CC=CCC2)c2ccc3[nH]c4ccccc4c3c21. The molecule has 0 radical (unpaired) electrons. The first kappa shape index (κ1) is 20.2. The number of hydrogen-bond donors (Lipinski definition) is 2. The Bertz CT molecular complexity index is 1820. The highest BCUT2D eigenvalue weighted by molar-refractivity contribution is 6.14. The molecule has 2 aromatic heterocycles. The van der Waals surface area contributed by atoms with Crippen molar-refractivity contribution in [1.82, 2.24) is 9.97 Å². The van der Waals surface area contributed by atoms with Crippen LogP contribution in [0.3, 0.4) is 0 Å². The molecule has 2 N–H and O–H groups in total. The molecule has 3 nitrogen and oxygen atoms in total. The summed E-state index contributed by atoms with van der Waals surface area (Å²) >= 11 is 0. The smallest absolute Gasteiger partial charge is 0.0556 e. The van der Waals surface area contributed by atoms with Crippen LogP contribution in [-0.4, -0.2) is 9.97 Å². The van der Waals surface area contributed by atoms with E-state index in [2.05, 4.69) is 108 Å². The summed E-state index contributed by atoms with van der Waals surface area (Å²) < 4.78 is 0. The van der Waals surface area contributed by atoms with Crippen LogP contribution in [0.25, 0.3) is 38.4 Å². The Labute approximate surface area is 210 Å². The van der Waals surface area contributed by atoms with Crippen molar-refractivity contribution in [2.75, 3.05) is 4.90 Å². The maximum Gasteiger partial charge on any atom is 0.0556 e. The van der Waals surface area contributed by atoms with E-state index in [-0.39, 0.29) is 5.41 Å². The van der Waals surface area contributed by atoms with Crippen molar-refractivity contribution >= 4 is 44.1 Å². The van der Waals surface area contributed by atoms with Gasteiger partial charge in [0.05, 0.1) is 11.4 Å². The van der Waals surface area contributed by atoms with E-state index in [0.717, 1.165) is 25.7 Å². The summed E-state index contributed by atoms with van der Waals surface area (Å²) in [4.78, 5) is 10.1. The van der Waals surface area contributed by atoms with Gasteiger partial charge >= 0.3 is 0 Å². The Morgan fingerprint density at radius 1 is 0.778 bits per heavy atom. The van der Waals surface area contributed by atoms with Crippen molar-refractivity contribution in [2.24, 2.45) is 0 Å². The lowest BCUT2D eigenvalue weighted by Crippen LogP contribution is -2.37. The van der Waals surface area contributed by atoms with Crippen LogP contribution in [0, 0.1) is 0 Å². The third-order valence-corrected chi connectivity index (χ3v) is 8.70. The van der Waals surface area contributed by atoms with E-state index < -0.39 is 0 Å². The van der Waals surface area contributed by atoms with Crippen LogP contribution in [0.5, 0.6) is 0 Å². The first-order valence-corrected chi connectivity index (χ1v) is 13.2. The Hall–Kier alpha value is -3.98. The minimum atomic E-state index is -0.0905. The number of anilines is 1. The average Bonchev–Trinajstić information content (AvgIpc) is 3.47. The van der Waals surface area contributed by atoms with Crippen LogP contribution in [0.1, 0.15) is 49.9 Å². The number of benzene rings is 3. The Kier molecular flexibility index (Phi) is 3.96. The largest absolute Gasteiger partial charge is 0.358 e. The highest BCUT2D eigenvalue weighted by atomic mass is 15.2. The maximum atomic E-state index is 3.77. The van der Waals surface area contributed by atoms with Gasteiger partial charge in [0, 0.05) is 55.1 Å². The van der Waals surface area contributed by atoms with Crippen LogP contribution in [0.4, 0.5) is 5.69 Å². The number of H-pyrrole nitrogens is 2. The van der Waals surface area contributed by atoms with Crippen LogP contribution in [-0.2, 0) is 11.8 Å². The van der Waals surface area contributed by atoms with Gasteiger partial charge in [0.25, 0.3) is 0 Å². The van der Waals surface area contributed by atoms with Crippen molar-refractivity contribution in [1.29, 1.82) is 0 Å². The Balaban J connectivity index is 1.52. The number of rotatable bonds is 1. The van der Waals surface area contributed by atoms with E-state index in [4.69, 9.17) is 0 Å². The topological polar surface area (TPSA) is 34.8 Å². The summed E-state index contributed by atoms with van der Waals surface area (Å²) in [6.45, 7) is 4.91. The van der Waals surface area contributed by atoms with Gasteiger partial charge in [-0.25, -0.2) is 0 Å². The van der Waals surface area contributed by atoms with Gasteiger partial charge in [0.1, 0.15) is 0 Å². The molecule has 0 bridgehead atoms. The Morgan fingerprint density at radius 2 is 1.56 bits per heavy atom. The third kappa shape index (κ3) is 2.53. The number of allylic oxidation sites excluding steroid dienone is 5. The summed E-state index contributed by atoms with van der Waals surface area (Å²) in [6.07, 6.45) is 11.1. The van der Waals surface area contributed by atoms with E-state index in [0.29, 0.717) is 0 Å².